The second-order valence-corrected chi connectivity index (χ2v) is 14.9. The molecule has 0 fully saturated rings. The summed E-state index contributed by atoms with van der Waals surface area (Å²) in [5, 5.41) is 5.75. The van der Waals surface area contributed by atoms with Crippen molar-refractivity contribution in [2.24, 2.45) is 11.7 Å². The first-order chi connectivity index (χ1) is 17.1. The number of hydrogen-bond donors (Lipinski definition) is 2. The summed E-state index contributed by atoms with van der Waals surface area (Å²) in [5.74, 6) is -2.19. The minimum absolute atomic E-state index is 0.161. The van der Waals surface area contributed by atoms with Crippen molar-refractivity contribution in [3.8, 4) is 0 Å². The molecular weight excluding hydrogens is 511 g/mol. The Morgan fingerprint density at radius 3 is 1.97 bits per heavy atom. The Balaban J connectivity index is 1.80. The van der Waals surface area contributed by atoms with Crippen LogP contribution >= 0.6 is 23.2 Å². The van der Waals surface area contributed by atoms with E-state index in [1.807, 2.05) is 36.4 Å². The standard InChI is InChI=1S/C28H32Cl2N2O3Si/c1-28(2,3)36(22-10-6-4-7-11-22,23-12-8-5-9-13-23)35-17-16-24(26(31)33)27(34)32-19-20-14-15-21(29)18-25(20)30/h4-15,18,24H,16-17,19H2,1-3H3,(H2,31,33)(H,32,34). The predicted molar refractivity (Wildman–Crippen MR) is 149 cm³/mol. The van der Waals surface area contributed by atoms with Gasteiger partial charge in [-0.25, -0.2) is 0 Å². The number of hydrogen-bond acceptors (Lipinski definition) is 3. The molecule has 0 aromatic heterocycles. The molecule has 3 aromatic rings. The molecule has 5 nitrogen and oxygen atoms in total. The van der Waals surface area contributed by atoms with Gasteiger partial charge in [0.1, 0.15) is 5.92 Å². The number of carbonyl (C=O) groups is 2. The third-order valence-electron chi connectivity index (χ3n) is 6.27. The summed E-state index contributed by atoms with van der Waals surface area (Å²) in [7, 11) is -2.78. The van der Waals surface area contributed by atoms with Crippen molar-refractivity contribution in [1.82, 2.24) is 5.32 Å². The molecule has 3 aromatic carbocycles. The molecule has 0 aliphatic carbocycles. The van der Waals surface area contributed by atoms with Gasteiger partial charge in [-0.1, -0.05) is 111 Å². The fourth-order valence-electron chi connectivity index (χ4n) is 4.46. The number of rotatable bonds is 10. The molecule has 0 saturated carbocycles. The van der Waals surface area contributed by atoms with Crippen LogP contribution in [0.4, 0.5) is 0 Å². The summed E-state index contributed by atoms with van der Waals surface area (Å²) in [6.07, 6.45) is 0.167. The maximum atomic E-state index is 12.9. The fraction of sp³-hybridized carbons (Fsp3) is 0.286. The van der Waals surface area contributed by atoms with Gasteiger partial charge in [0.25, 0.3) is 8.32 Å². The highest BCUT2D eigenvalue weighted by Crippen LogP contribution is 2.37. The van der Waals surface area contributed by atoms with Crippen molar-refractivity contribution in [2.45, 2.75) is 38.8 Å². The van der Waals surface area contributed by atoms with E-state index < -0.39 is 26.0 Å². The van der Waals surface area contributed by atoms with Gasteiger partial charge in [0, 0.05) is 23.2 Å². The summed E-state index contributed by atoms with van der Waals surface area (Å²) in [6, 6.07) is 25.4. The highest BCUT2D eigenvalue weighted by Gasteiger charge is 2.50. The van der Waals surface area contributed by atoms with Crippen molar-refractivity contribution >= 4 is 53.7 Å². The summed E-state index contributed by atoms with van der Waals surface area (Å²) in [4.78, 5) is 25.1. The maximum Gasteiger partial charge on any atom is 0.261 e. The zero-order valence-corrected chi connectivity index (χ0v) is 23.3. The molecule has 0 spiro atoms. The molecule has 2 amide bonds. The van der Waals surface area contributed by atoms with Crippen LogP contribution in [0.25, 0.3) is 0 Å². The van der Waals surface area contributed by atoms with E-state index in [0.717, 1.165) is 10.4 Å². The SMILES string of the molecule is CC(C)(C)[Si](OCCC(C(N)=O)C(=O)NCc1ccc(Cl)cc1Cl)(c1ccccc1)c1ccccc1. The van der Waals surface area contributed by atoms with Crippen LogP contribution in [0.5, 0.6) is 0 Å². The van der Waals surface area contributed by atoms with Crippen LogP contribution in [0.15, 0.2) is 78.9 Å². The van der Waals surface area contributed by atoms with E-state index in [0.29, 0.717) is 15.6 Å². The largest absolute Gasteiger partial charge is 0.407 e. The van der Waals surface area contributed by atoms with Crippen LogP contribution < -0.4 is 21.4 Å². The van der Waals surface area contributed by atoms with E-state index in [9.17, 15) is 9.59 Å². The molecule has 0 heterocycles. The average molecular weight is 544 g/mol. The lowest BCUT2D eigenvalue weighted by Crippen LogP contribution is -2.66. The van der Waals surface area contributed by atoms with Gasteiger partial charge in [-0.05, 0) is 39.5 Å². The molecule has 1 atom stereocenters. The number of nitrogens with two attached hydrogens (primary N) is 1. The fourth-order valence-corrected chi connectivity index (χ4v) is 9.52. The average Bonchev–Trinajstić information content (AvgIpc) is 2.83. The van der Waals surface area contributed by atoms with E-state index in [4.69, 9.17) is 33.4 Å². The third-order valence-corrected chi connectivity index (χ3v) is 11.9. The first-order valence-corrected chi connectivity index (χ1v) is 14.5. The quantitative estimate of drug-likeness (QED) is 0.288. The van der Waals surface area contributed by atoms with Crippen LogP contribution in [-0.4, -0.2) is 26.7 Å². The highest BCUT2D eigenvalue weighted by molar-refractivity contribution is 6.99. The summed E-state index contributed by atoms with van der Waals surface area (Å²) < 4.78 is 6.81. The highest BCUT2D eigenvalue weighted by atomic mass is 35.5. The molecule has 3 N–H and O–H groups in total. The lowest BCUT2D eigenvalue weighted by atomic mass is 10.0. The number of carbonyl (C=O) groups excluding carboxylic acids is 2. The van der Waals surface area contributed by atoms with E-state index >= 15 is 0 Å². The molecule has 0 radical (unpaired) electrons. The molecule has 8 heteroatoms. The summed E-state index contributed by atoms with van der Waals surface area (Å²) in [5.41, 5.74) is 6.32. The third kappa shape index (κ3) is 6.37. The molecule has 0 aliphatic rings. The van der Waals surface area contributed by atoms with E-state index in [1.165, 1.54) is 0 Å². The minimum atomic E-state index is -2.78. The normalized spacial score (nSPS) is 12.7. The number of halogens is 2. The molecule has 0 saturated heterocycles. The zero-order valence-electron chi connectivity index (χ0n) is 20.8. The van der Waals surface area contributed by atoms with Gasteiger partial charge >= 0.3 is 0 Å². The number of amides is 2. The second-order valence-electron chi connectivity index (χ2n) is 9.71. The number of benzene rings is 3. The van der Waals surface area contributed by atoms with E-state index in [2.05, 4.69) is 50.4 Å². The maximum absolute atomic E-state index is 12.9. The van der Waals surface area contributed by atoms with Crippen LogP contribution in [0.2, 0.25) is 15.1 Å². The van der Waals surface area contributed by atoms with Crippen molar-refractivity contribution in [2.75, 3.05) is 6.61 Å². The Morgan fingerprint density at radius 1 is 0.944 bits per heavy atom. The second kappa shape index (κ2) is 12.1. The summed E-state index contributed by atoms with van der Waals surface area (Å²) >= 11 is 12.1. The van der Waals surface area contributed by atoms with Crippen molar-refractivity contribution < 1.29 is 14.0 Å². The minimum Gasteiger partial charge on any atom is -0.407 e. The topological polar surface area (TPSA) is 81.4 Å². The van der Waals surface area contributed by atoms with Crippen molar-refractivity contribution in [3.05, 3.63) is 94.5 Å². The van der Waals surface area contributed by atoms with Gasteiger partial charge in [0.05, 0.1) is 0 Å². The Labute approximate surface area is 224 Å². The lowest BCUT2D eigenvalue weighted by molar-refractivity contribution is -0.134. The first kappa shape index (κ1) is 27.9. The first-order valence-electron chi connectivity index (χ1n) is 11.8. The van der Waals surface area contributed by atoms with Gasteiger partial charge < -0.3 is 15.5 Å². The molecular formula is C28H32Cl2N2O3Si. The van der Waals surface area contributed by atoms with Crippen LogP contribution in [0.1, 0.15) is 32.8 Å². The van der Waals surface area contributed by atoms with Gasteiger partial charge in [-0.15, -0.1) is 0 Å². The van der Waals surface area contributed by atoms with Crippen molar-refractivity contribution in [1.29, 1.82) is 0 Å². The Kier molecular flexibility index (Phi) is 9.36. The van der Waals surface area contributed by atoms with E-state index in [-0.39, 0.29) is 24.6 Å². The smallest absolute Gasteiger partial charge is 0.261 e. The molecule has 1 unspecified atom stereocenters. The van der Waals surface area contributed by atoms with Gasteiger partial charge in [0.2, 0.25) is 11.8 Å². The van der Waals surface area contributed by atoms with Crippen LogP contribution in [-0.2, 0) is 20.6 Å². The Bertz CT molecular complexity index is 1140. The van der Waals surface area contributed by atoms with Crippen LogP contribution in [0.3, 0.4) is 0 Å². The monoisotopic (exact) mass is 542 g/mol. The molecule has 190 valence electrons. The van der Waals surface area contributed by atoms with Crippen molar-refractivity contribution in [3.63, 3.8) is 0 Å². The van der Waals surface area contributed by atoms with Gasteiger partial charge in [-0.2, -0.15) is 0 Å². The Hall–Kier alpha value is -2.64. The van der Waals surface area contributed by atoms with E-state index in [1.54, 1.807) is 18.2 Å². The van der Waals surface area contributed by atoms with Gasteiger partial charge in [0.15, 0.2) is 0 Å². The molecule has 3 rings (SSSR count). The number of nitrogens with one attached hydrogen (secondary N) is 1. The number of primary amides is 1. The van der Waals surface area contributed by atoms with Crippen LogP contribution in [0, 0.1) is 5.92 Å². The Morgan fingerprint density at radius 2 is 1.50 bits per heavy atom. The molecule has 36 heavy (non-hydrogen) atoms. The van der Waals surface area contributed by atoms with Gasteiger partial charge in [-0.3, -0.25) is 9.59 Å². The summed E-state index contributed by atoms with van der Waals surface area (Å²) in [6.45, 7) is 6.89. The lowest BCUT2D eigenvalue weighted by Gasteiger charge is -2.43. The predicted octanol–water partition coefficient (Wildman–Crippen LogP) is 4.68. The molecule has 0 aliphatic heterocycles. The zero-order chi connectivity index (χ0) is 26.3. The molecule has 0 bridgehead atoms.